The van der Waals surface area contributed by atoms with E-state index in [4.69, 9.17) is 9.84 Å². The second-order valence-corrected chi connectivity index (χ2v) is 4.90. The average Bonchev–Trinajstić information content (AvgIpc) is 2.46. The molecule has 5 heteroatoms. The molecule has 0 unspecified atom stereocenters. The molecule has 1 aromatic carbocycles. The van der Waals surface area contributed by atoms with Gasteiger partial charge in [0.25, 0.3) is 0 Å². The number of carbonyl (C=O) groups excluding carboxylic acids is 1. The summed E-state index contributed by atoms with van der Waals surface area (Å²) in [5.74, 6) is -1.06. The molecule has 108 valence electrons. The third-order valence-corrected chi connectivity index (χ3v) is 3.35. The van der Waals surface area contributed by atoms with Gasteiger partial charge < -0.3 is 9.84 Å². The van der Waals surface area contributed by atoms with Gasteiger partial charge in [0.05, 0.1) is 19.6 Å². The number of carboxylic acids is 1. The summed E-state index contributed by atoms with van der Waals surface area (Å²) in [6.45, 7) is 4.25. The van der Waals surface area contributed by atoms with Gasteiger partial charge in [0.2, 0.25) is 0 Å². The fraction of sp³-hybridized carbons (Fsp3) is 0.467. The van der Waals surface area contributed by atoms with Crippen molar-refractivity contribution in [1.29, 1.82) is 0 Å². The Morgan fingerprint density at radius 2 is 1.75 bits per heavy atom. The van der Waals surface area contributed by atoms with Crippen LogP contribution in [-0.2, 0) is 16.1 Å². The summed E-state index contributed by atoms with van der Waals surface area (Å²) in [6, 6.07) is 7.42. The fourth-order valence-electron chi connectivity index (χ4n) is 2.18. The molecule has 20 heavy (non-hydrogen) atoms. The Kier molecular flexibility index (Phi) is 5.26. The van der Waals surface area contributed by atoms with E-state index in [0.717, 1.165) is 38.4 Å². The number of ether oxygens (including phenoxy) is 1. The molecule has 0 spiro atoms. The monoisotopic (exact) mass is 277 g/mol. The number of carbonyl (C=O) groups is 2. The van der Waals surface area contributed by atoms with Crippen molar-refractivity contribution >= 4 is 11.8 Å². The van der Waals surface area contributed by atoms with Crippen LogP contribution < -0.4 is 0 Å². The van der Waals surface area contributed by atoms with Crippen LogP contribution in [-0.4, -0.2) is 48.1 Å². The van der Waals surface area contributed by atoms with Gasteiger partial charge in [0.1, 0.15) is 0 Å². The molecule has 0 amide bonds. The van der Waals surface area contributed by atoms with Crippen LogP contribution in [0.1, 0.15) is 28.8 Å². The lowest BCUT2D eigenvalue weighted by Crippen LogP contribution is -2.35. The minimum Gasteiger partial charge on any atom is -0.481 e. The number of aliphatic carboxylic acids is 1. The maximum absolute atomic E-state index is 11.8. The van der Waals surface area contributed by atoms with E-state index in [9.17, 15) is 9.59 Å². The topological polar surface area (TPSA) is 66.8 Å². The molecule has 1 aliphatic rings. The molecule has 1 saturated heterocycles. The SMILES string of the molecule is O=C(O)CCC(=O)c1ccc(CN2CCOCC2)cc1. The molecular weight excluding hydrogens is 258 g/mol. The van der Waals surface area contributed by atoms with E-state index >= 15 is 0 Å². The quantitative estimate of drug-likeness (QED) is 0.799. The van der Waals surface area contributed by atoms with Crippen LogP contribution in [0.3, 0.4) is 0 Å². The maximum Gasteiger partial charge on any atom is 0.303 e. The number of carboxylic acid groups (broad SMARTS) is 1. The Labute approximate surface area is 118 Å². The van der Waals surface area contributed by atoms with Crippen molar-refractivity contribution in [3.63, 3.8) is 0 Å². The van der Waals surface area contributed by atoms with Crippen molar-refractivity contribution < 1.29 is 19.4 Å². The lowest BCUT2D eigenvalue weighted by atomic mass is 10.0. The summed E-state index contributed by atoms with van der Waals surface area (Å²) in [5, 5.41) is 8.57. The fourth-order valence-corrected chi connectivity index (χ4v) is 2.18. The van der Waals surface area contributed by atoms with Gasteiger partial charge in [-0.1, -0.05) is 24.3 Å². The Hall–Kier alpha value is -1.72. The van der Waals surface area contributed by atoms with Crippen LogP contribution >= 0.6 is 0 Å². The molecule has 1 fully saturated rings. The van der Waals surface area contributed by atoms with E-state index < -0.39 is 5.97 Å². The zero-order valence-electron chi connectivity index (χ0n) is 11.4. The molecular formula is C15H19NO4. The number of rotatable bonds is 6. The molecule has 0 aliphatic carbocycles. The Bertz CT molecular complexity index is 463. The van der Waals surface area contributed by atoms with Gasteiger partial charge in [-0.3, -0.25) is 14.5 Å². The second-order valence-electron chi connectivity index (χ2n) is 4.90. The molecule has 0 bridgehead atoms. The summed E-state index contributed by atoms with van der Waals surface area (Å²) >= 11 is 0. The third kappa shape index (κ3) is 4.43. The lowest BCUT2D eigenvalue weighted by molar-refractivity contribution is -0.136. The van der Waals surface area contributed by atoms with Gasteiger partial charge in [-0.25, -0.2) is 0 Å². The third-order valence-electron chi connectivity index (χ3n) is 3.35. The first-order valence-electron chi connectivity index (χ1n) is 6.79. The van der Waals surface area contributed by atoms with E-state index in [1.807, 2.05) is 12.1 Å². The van der Waals surface area contributed by atoms with E-state index in [1.54, 1.807) is 12.1 Å². The van der Waals surface area contributed by atoms with Crippen LogP contribution in [0.25, 0.3) is 0 Å². The highest BCUT2D eigenvalue weighted by Gasteiger charge is 2.12. The number of hydrogen-bond donors (Lipinski definition) is 1. The highest BCUT2D eigenvalue weighted by Crippen LogP contribution is 2.11. The van der Waals surface area contributed by atoms with Crippen molar-refractivity contribution in [3.05, 3.63) is 35.4 Å². The molecule has 0 radical (unpaired) electrons. The molecule has 2 rings (SSSR count). The predicted molar refractivity (Wildman–Crippen MR) is 73.7 cm³/mol. The Morgan fingerprint density at radius 1 is 1.10 bits per heavy atom. The highest BCUT2D eigenvalue weighted by molar-refractivity contribution is 5.97. The largest absolute Gasteiger partial charge is 0.481 e. The van der Waals surface area contributed by atoms with E-state index in [1.165, 1.54) is 0 Å². The zero-order valence-corrected chi connectivity index (χ0v) is 11.4. The number of nitrogens with zero attached hydrogens (tertiary/aromatic N) is 1. The Morgan fingerprint density at radius 3 is 2.35 bits per heavy atom. The van der Waals surface area contributed by atoms with Crippen LogP contribution in [0.15, 0.2) is 24.3 Å². The van der Waals surface area contributed by atoms with Crippen molar-refractivity contribution in [2.75, 3.05) is 26.3 Å². The molecule has 1 aromatic rings. The minimum absolute atomic E-state index is 0.0537. The van der Waals surface area contributed by atoms with Crippen molar-refractivity contribution in [1.82, 2.24) is 4.90 Å². The second kappa shape index (κ2) is 7.17. The minimum atomic E-state index is -0.942. The molecule has 0 atom stereocenters. The number of ketones is 1. The summed E-state index contributed by atoms with van der Waals surface area (Å²) in [4.78, 5) is 24.5. The molecule has 1 N–H and O–H groups in total. The van der Waals surface area contributed by atoms with Gasteiger partial charge in [-0.05, 0) is 5.56 Å². The summed E-state index contributed by atoms with van der Waals surface area (Å²) in [7, 11) is 0. The van der Waals surface area contributed by atoms with Crippen molar-refractivity contribution in [2.24, 2.45) is 0 Å². The van der Waals surface area contributed by atoms with Gasteiger partial charge in [0.15, 0.2) is 5.78 Å². The smallest absolute Gasteiger partial charge is 0.303 e. The number of Topliss-reactive ketones (excluding diaryl/α,β-unsaturated/α-hetero) is 1. The zero-order chi connectivity index (χ0) is 14.4. The molecule has 0 aromatic heterocycles. The van der Waals surface area contributed by atoms with E-state index in [-0.39, 0.29) is 18.6 Å². The maximum atomic E-state index is 11.8. The average molecular weight is 277 g/mol. The first kappa shape index (κ1) is 14.7. The van der Waals surface area contributed by atoms with Crippen LogP contribution in [0.2, 0.25) is 0 Å². The standard InChI is InChI=1S/C15H19NO4/c17-14(5-6-15(18)19)13-3-1-12(2-4-13)11-16-7-9-20-10-8-16/h1-4H,5-11H2,(H,18,19). The Balaban J connectivity index is 1.88. The first-order chi connectivity index (χ1) is 9.65. The van der Waals surface area contributed by atoms with Crippen molar-refractivity contribution in [2.45, 2.75) is 19.4 Å². The molecule has 1 aliphatic heterocycles. The van der Waals surface area contributed by atoms with Crippen molar-refractivity contribution in [3.8, 4) is 0 Å². The van der Waals surface area contributed by atoms with E-state index in [2.05, 4.69) is 4.90 Å². The highest BCUT2D eigenvalue weighted by atomic mass is 16.5. The number of benzene rings is 1. The molecule has 1 heterocycles. The molecule has 0 saturated carbocycles. The summed E-state index contributed by atoms with van der Waals surface area (Å²) < 4.78 is 5.30. The predicted octanol–water partition coefficient (Wildman–Crippen LogP) is 1.57. The normalized spacial score (nSPS) is 16.0. The van der Waals surface area contributed by atoms with Crippen LogP contribution in [0.4, 0.5) is 0 Å². The lowest BCUT2D eigenvalue weighted by Gasteiger charge is -2.26. The number of hydrogen-bond acceptors (Lipinski definition) is 4. The first-order valence-corrected chi connectivity index (χ1v) is 6.79. The van der Waals surface area contributed by atoms with Gasteiger partial charge in [-0.2, -0.15) is 0 Å². The van der Waals surface area contributed by atoms with Crippen LogP contribution in [0, 0.1) is 0 Å². The summed E-state index contributed by atoms with van der Waals surface area (Å²) in [6.07, 6.45) is -0.0630. The summed E-state index contributed by atoms with van der Waals surface area (Å²) in [5.41, 5.74) is 1.73. The van der Waals surface area contributed by atoms with Gasteiger partial charge >= 0.3 is 5.97 Å². The number of morpholine rings is 1. The van der Waals surface area contributed by atoms with E-state index in [0.29, 0.717) is 5.56 Å². The molecule has 5 nitrogen and oxygen atoms in total. The van der Waals surface area contributed by atoms with Crippen LogP contribution in [0.5, 0.6) is 0 Å². The van der Waals surface area contributed by atoms with Gasteiger partial charge in [-0.15, -0.1) is 0 Å². The van der Waals surface area contributed by atoms with Gasteiger partial charge in [0, 0.05) is 31.6 Å².